The van der Waals surface area contributed by atoms with Gasteiger partial charge in [0, 0.05) is 37.9 Å². The molecule has 0 radical (unpaired) electrons. The Kier molecular flexibility index (Phi) is 7.06. The maximum Gasteiger partial charge on any atom is 0.312 e. The molecule has 1 atom stereocenters. The van der Waals surface area contributed by atoms with Gasteiger partial charge in [-0.15, -0.1) is 0 Å². The largest absolute Gasteiger partial charge is 0.490 e. The normalized spacial score (nSPS) is 16.3. The molecule has 1 heterocycles. The van der Waals surface area contributed by atoms with E-state index in [1.54, 1.807) is 13.0 Å². The van der Waals surface area contributed by atoms with E-state index in [-0.39, 0.29) is 42.7 Å². The van der Waals surface area contributed by atoms with Crippen LogP contribution in [0.3, 0.4) is 0 Å². The minimum absolute atomic E-state index is 0.0306. The minimum atomic E-state index is -3.96. The number of nitro benzene ring substituents is 1. The summed E-state index contributed by atoms with van der Waals surface area (Å²) in [4.78, 5) is 24.6. The highest BCUT2D eigenvalue weighted by Gasteiger charge is 2.33. The van der Waals surface area contributed by atoms with Crippen molar-refractivity contribution in [3.8, 4) is 5.75 Å². The Bertz CT molecular complexity index is 1120. The van der Waals surface area contributed by atoms with Crippen LogP contribution in [0.2, 0.25) is 0 Å². The zero-order valence-corrected chi connectivity index (χ0v) is 18.3. The molecule has 0 aromatic heterocycles. The third kappa shape index (κ3) is 5.03. The molecule has 2 aromatic rings. The quantitative estimate of drug-likeness (QED) is 0.490. The first kappa shape index (κ1) is 23.6. The van der Waals surface area contributed by atoms with Crippen LogP contribution in [0.4, 0.5) is 15.8 Å². The van der Waals surface area contributed by atoms with E-state index in [2.05, 4.69) is 5.32 Å². The molecular formula is C20H23FN4O6S. The Balaban J connectivity index is 1.66. The summed E-state index contributed by atoms with van der Waals surface area (Å²) in [5.74, 6) is -0.831. The van der Waals surface area contributed by atoms with E-state index in [9.17, 15) is 27.7 Å². The van der Waals surface area contributed by atoms with E-state index in [0.717, 1.165) is 6.07 Å². The van der Waals surface area contributed by atoms with E-state index in [0.29, 0.717) is 5.69 Å². The van der Waals surface area contributed by atoms with Crippen LogP contribution in [-0.4, -0.2) is 67.8 Å². The van der Waals surface area contributed by atoms with Crippen LogP contribution in [0, 0.1) is 15.9 Å². The number of amides is 1. The highest BCUT2D eigenvalue weighted by molar-refractivity contribution is 7.89. The van der Waals surface area contributed by atoms with Gasteiger partial charge in [-0.1, -0.05) is 6.07 Å². The van der Waals surface area contributed by atoms with Crippen molar-refractivity contribution >= 4 is 27.3 Å². The fourth-order valence-electron chi connectivity index (χ4n) is 3.43. The van der Waals surface area contributed by atoms with Gasteiger partial charge in [0.05, 0.1) is 23.0 Å². The maximum absolute atomic E-state index is 13.3. The summed E-state index contributed by atoms with van der Waals surface area (Å²) >= 11 is 0. The maximum atomic E-state index is 13.3. The summed E-state index contributed by atoms with van der Waals surface area (Å²) < 4.78 is 45.4. The predicted octanol–water partition coefficient (Wildman–Crippen LogP) is 2.08. The van der Waals surface area contributed by atoms with Gasteiger partial charge in [0.25, 0.3) is 0 Å². The molecule has 0 bridgehead atoms. The Morgan fingerprint density at radius 1 is 1.19 bits per heavy atom. The first-order chi connectivity index (χ1) is 15.1. The number of ether oxygens (including phenoxy) is 1. The zero-order chi connectivity index (χ0) is 23.5. The molecular weight excluding hydrogens is 443 g/mol. The van der Waals surface area contributed by atoms with Crippen molar-refractivity contribution in [2.24, 2.45) is 0 Å². The summed E-state index contributed by atoms with van der Waals surface area (Å²) in [6.45, 7) is 2.48. The van der Waals surface area contributed by atoms with Crippen LogP contribution in [0.1, 0.15) is 6.92 Å². The first-order valence-electron chi connectivity index (χ1n) is 9.76. The van der Waals surface area contributed by atoms with Gasteiger partial charge in [0.2, 0.25) is 15.9 Å². The second-order valence-electron chi connectivity index (χ2n) is 7.21. The van der Waals surface area contributed by atoms with Gasteiger partial charge in [-0.05, 0) is 37.3 Å². The molecule has 12 heteroatoms. The molecule has 3 rings (SSSR count). The Morgan fingerprint density at radius 2 is 1.88 bits per heavy atom. The van der Waals surface area contributed by atoms with Crippen LogP contribution >= 0.6 is 0 Å². The van der Waals surface area contributed by atoms with Crippen LogP contribution in [0.25, 0.3) is 0 Å². The van der Waals surface area contributed by atoms with E-state index in [4.69, 9.17) is 4.74 Å². The number of hydrogen-bond acceptors (Lipinski definition) is 7. The van der Waals surface area contributed by atoms with Gasteiger partial charge in [-0.2, -0.15) is 4.31 Å². The summed E-state index contributed by atoms with van der Waals surface area (Å²) in [7, 11) is -2.70. The second kappa shape index (κ2) is 9.59. The summed E-state index contributed by atoms with van der Waals surface area (Å²) in [5, 5.41) is 13.9. The predicted molar refractivity (Wildman–Crippen MR) is 114 cm³/mol. The molecule has 1 amide bonds. The van der Waals surface area contributed by atoms with Gasteiger partial charge in [-0.3, -0.25) is 19.8 Å². The van der Waals surface area contributed by atoms with Gasteiger partial charge in [-0.25, -0.2) is 12.8 Å². The number of sulfonamides is 1. The van der Waals surface area contributed by atoms with Crippen molar-refractivity contribution in [3.63, 3.8) is 0 Å². The molecule has 0 saturated carbocycles. The summed E-state index contributed by atoms with van der Waals surface area (Å²) in [6, 6.07) is 8.48. The molecule has 1 aliphatic heterocycles. The number of anilines is 1. The van der Waals surface area contributed by atoms with Gasteiger partial charge >= 0.3 is 5.69 Å². The Morgan fingerprint density at radius 3 is 2.47 bits per heavy atom. The molecule has 0 spiro atoms. The van der Waals surface area contributed by atoms with Crippen molar-refractivity contribution in [3.05, 3.63) is 58.4 Å². The highest BCUT2D eigenvalue weighted by atomic mass is 32.2. The smallest absolute Gasteiger partial charge is 0.312 e. The molecule has 1 saturated heterocycles. The molecule has 1 N–H and O–H groups in total. The number of nitrogens with zero attached hydrogens (tertiary/aromatic N) is 3. The van der Waals surface area contributed by atoms with E-state index in [1.807, 2.05) is 4.90 Å². The standard InChI is InChI=1S/C20H23FN4O6S/c1-14(20(26)22-16-5-3-4-15(21)12-16)23-8-10-24(11-9-23)32(29,30)17-6-7-19(31-2)18(13-17)25(27)28/h3-7,12-14H,8-11H2,1-2H3,(H,22,26). The fourth-order valence-corrected chi connectivity index (χ4v) is 4.87. The average molecular weight is 466 g/mol. The minimum Gasteiger partial charge on any atom is -0.490 e. The number of hydrogen-bond donors (Lipinski definition) is 1. The number of carbonyl (C=O) groups is 1. The lowest BCUT2D eigenvalue weighted by Crippen LogP contribution is -2.53. The lowest BCUT2D eigenvalue weighted by atomic mass is 10.2. The summed E-state index contributed by atoms with van der Waals surface area (Å²) in [5.41, 5.74) is -0.0981. The van der Waals surface area contributed by atoms with Crippen molar-refractivity contribution in [2.45, 2.75) is 17.9 Å². The second-order valence-corrected chi connectivity index (χ2v) is 9.14. The number of carbonyl (C=O) groups excluding carboxylic acids is 1. The van der Waals surface area contributed by atoms with Crippen molar-refractivity contribution in [2.75, 3.05) is 38.6 Å². The molecule has 1 fully saturated rings. The summed E-state index contributed by atoms with van der Waals surface area (Å²) in [6.07, 6.45) is 0. The van der Waals surface area contributed by atoms with Gasteiger partial charge < -0.3 is 10.1 Å². The van der Waals surface area contributed by atoms with Crippen LogP contribution in [0.15, 0.2) is 47.4 Å². The number of nitro groups is 1. The molecule has 1 aliphatic rings. The first-order valence-corrected chi connectivity index (χ1v) is 11.2. The van der Waals surface area contributed by atoms with Crippen LogP contribution in [-0.2, 0) is 14.8 Å². The van der Waals surface area contributed by atoms with Crippen molar-refractivity contribution < 1.29 is 27.3 Å². The topological polar surface area (TPSA) is 122 Å². The molecule has 10 nitrogen and oxygen atoms in total. The number of piperazine rings is 1. The van der Waals surface area contributed by atoms with Crippen LogP contribution in [0.5, 0.6) is 5.75 Å². The highest BCUT2D eigenvalue weighted by Crippen LogP contribution is 2.31. The third-order valence-electron chi connectivity index (χ3n) is 5.28. The van der Waals surface area contributed by atoms with Crippen molar-refractivity contribution in [1.29, 1.82) is 0 Å². The number of methoxy groups -OCH3 is 1. The number of rotatable bonds is 7. The molecule has 32 heavy (non-hydrogen) atoms. The van der Waals surface area contributed by atoms with Gasteiger partial charge in [0.15, 0.2) is 5.75 Å². The monoisotopic (exact) mass is 466 g/mol. The lowest BCUT2D eigenvalue weighted by molar-refractivity contribution is -0.386. The number of nitrogens with one attached hydrogen (secondary N) is 1. The third-order valence-corrected chi connectivity index (χ3v) is 7.17. The van der Waals surface area contributed by atoms with E-state index < -0.39 is 32.5 Å². The van der Waals surface area contributed by atoms with Gasteiger partial charge in [0.1, 0.15) is 5.82 Å². The average Bonchev–Trinajstić information content (AvgIpc) is 2.78. The Hall–Kier alpha value is -3.09. The molecule has 1 unspecified atom stereocenters. The number of halogens is 1. The lowest BCUT2D eigenvalue weighted by Gasteiger charge is -2.36. The SMILES string of the molecule is COc1ccc(S(=O)(=O)N2CCN(C(C)C(=O)Nc3cccc(F)c3)CC2)cc1[N+](=O)[O-]. The zero-order valence-electron chi connectivity index (χ0n) is 17.5. The molecule has 172 valence electrons. The van der Waals surface area contributed by atoms with Crippen molar-refractivity contribution in [1.82, 2.24) is 9.21 Å². The van der Waals surface area contributed by atoms with E-state index in [1.165, 1.54) is 41.7 Å². The van der Waals surface area contributed by atoms with E-state index >= 15 is 0 Å². The molecule has 0 aliphatic carbocycles. The fraction of sp³-hybridized carbons (Fsp3) is 0.350. The number of benzene rings is 2. The van der Waals surface area contributed by atoms with Crippen LogP contribution < -0.4 is 10.1 Å². The molecule has 2 aromatic carbocycles. The Labute approximate surface area is 184 Å².